The van der Waals surface area contributed by atoms with Gasteiger partial charge in [0, 0.05) is 24.6 Å². The molecule has 11 nitrogen and oxygen atoms in total. The number of fused-ring (bicyclic) bond motifs is 2. The Hall–Kier alpha value is -4.35. The summed E-state index contributed by atoms with van der Waals surface area (Å²) in [7, 11) is 0. The van der Waals surface area contributed by atoms with Crippen LogP contribution in [-0.4, -0.2) is 56.4 Å². The average molecular weight is 526 g/mol. The summed E-state index contributed by atoms with van der Waals surface area (Å²) in [5.74, 6) is -2.29. The Morgan fingerprint density at radius 1 is 1.21 bits per heavy atom. The van der Waals surface area contributed by atoms with E-state index in [-0.39, 0.29) is 48.8 Å². The van der Waals surface area contributed by atoms with Crippen LogP contribution in [-0.2, 0) is 27.3 Å². The second kappa shape index (κ2) is 10.6. The van der Waals surface area contributed by atoms with Gasteiger partial charge in [-0.15, -0.1) is 0 Å². The van der Waals surface area contributed by atoms with Gasteiger partial charge in [0.25, 0.3) is 11.8 Å². The smallest absolute Gasteiger partial charge is 0.329 e. The monoisotopic (exact) mass is 525 g/mol. The summed E-state index contributed by atoms with van der Waals surface area (Å²) in [6.45, 7) is 6.95. The fraction of sp³-hybridized carbons (Fsp3) is 0.385. The normalized spacial score (nSPS) is 13.9. The van der Waals surface area contributed by atoms with E-state index in [1.807, 2.05) is 0 Å². The van der Waals surface area contributed by atoms with E-state index in [4.69, 9.17) is 9.47 Å². The van der Waals surface area contributed by atoms with E-state index in [0.717, 1.165) is 16.3 Å². The van der Waals surface area contributed by atoms with Crippen molar-refractivity contribution in [3.8, 4) is 5.75 Å². The molecule has 1 aromatic carbocycles. The molecule has 200 valence electrons. The first kappa shape index (κ1) is 26.7. The third-order valence-corrected chi connectivity index (χ3v) is 5.65. The maximum absolute atomic E-state index is 14.4. The van der Waals surface area contributed by atoms with Gasteiger partial charge in [0.15, 0.2) is 17.2 Å². The lowest BCUT2D eigenvalue weighted by Crippen LogP contribution is -2.44. The van der Waals surface area contributed by atoms with E-state index in [1.54, 1.807) is 45.9 Å². The zero-order chi connectivity index (χ0) is 27.6. The minimum absolute atomic E-state index is 0.0368. The Balaban J connectivity index is 1.54. The minimum Gasteiger partial charge on any atom is -0.486 e. The first-order chi connectivity index (χ1) is 17.9. The van der Waals surface area contributed by atoms with Gasteiger partial charge in [-0.3, -0.25) is 14.4 Å². The number of carbonyl (C=O) groups is 4. The molecule has 1 aliphatic heterocycles. The highest BCUT2D eigenvalue weighted by atomic mass is 19.1. The molecule has 3 aromatic rings. The Labute approximate surface area is 217 Å². The van der Waals surface area contributed by atoms with Crippen molar-refractivity contribution in [3.05, 3.63) is 58.8 Å². The van der Waals surface area contributed by atoms with Crippen molar-refractivity contribution < 1.29 is 33.0 Å². The van der Waals surface area contributed by atoms with E-state index >= 15 is 0 Å². The quantitative estimate of drug-likeness (QED) is 0.447. The molecule has 4 rings (SSSR count). The van der Waals surface area contributed by atoms with Crippen LogP contribution in [0.15, 0.2) is 30.5 Å². The van der Waals surface area contributed by atoms with Crippen molar-refractivity contribution in [3.63, 3.8) is 0 Å². The maximum atomic E-state index is 14.4. The molecule has 0 saturated carbocycles. The second-order valence-electron chi connectivity index (χ2n) is 9.85. The predicted octanol–water partition coefficient (Wildman–Crippen LogP) is 2.15. The fourth-order valence-electron chi connectivity index (χ4n) is 3.86. The third kappa shape index (κ3) is 5.96. The van der Waals surface area contributed by atoms with Gasteiger partial charge in [0.2, 0.25) is 0 Å². The molecule has 0 bridgehead atoms. The Morgan fingerprint density at radius 2 is 1.97 bits per heavy atom. The van der Waals surface area contributed by atoms with Crippen molar-refractivity contribution in [1.82, 2.24) is 25.2 Å². The summed E-state index contributed by atoms with van der Waals surface area (Å²) >= 11 is 0. The number of ketones is 1. The van der Waals surface area contributed by atoms with Crippen LogP contribution < -0.4 is 15.4 Å². The Kier molecular flexibility index (Phi) is 7.42. The molecule has 0 radical (unpaired) electrons. The summed E-state index contributed by atoms with van der Waals surface area (Å²) in [6.07, 6.45) is 1.37. The first-order valence-electron chi connectivity index (χ1n) is 12.1. The van der Waals surface area contributed by atoms with Crippen molar-refractivity contribution >= 4 is 29.2 Å². The van der Waals surface area contributed by atoms with Crippen molar-refractivity contribution in [2.24, 2.45) is 0 Å². The number of aromatic nitrogens is 3. The molecule has 1 aliphatic rings. The summed E-state index contributed by atoms with van der Waals surface area (Å²) in [5, 5.41) is 9.10. The van der Waals surface area contributed by atoms with Gasteiger partial charge in [-0.25, -0.2) is 18.7 Å². The number of carbonyl (C=O) groups excluding carboxylic acids is 4. The van der Waals surface area contributed by atoms with E-state index in [9.17, 15) is 23.6 Å². The number of halogens is 1. The van der Waals surface area contributed by atoms with Gasteiger partial charge in [-0.05, 0) is 44.9 Å². The van der Waals surface area contributed by atoms with Crippen molar-refractivity contribution in [1.29, 1.82) is 0 Å². The van der Waals surface area contributed by atoms with E-state index in [1.165, 1.54) is 6.07 Å². The molecule has 0 unspecified atom stereocenters. The number of amides is 2. The fourth-order valence-corrected chi connectivity index (χ4v) is 3.86. The van der Waals surface area contributed by atoms with Crippen LogP contribution in [0, 0.1) is 5.82 Å². The van der Waals surface area contributed by atoms with E-state index in [2.05, 4.69) is 20.7 Å². The molecular formula is C26H28FN5O6. The van der Waals surface area contributed by atoms with Gasteiger partial charge < -0.3 is 20.1 Å². The molecular weight excluding hydrogens is 497 g/mol. The molecule has 0 saturated heterocycles. The second-order valence-corrected chi connectivity index (χ2v) is 9.85. The number of rotatable bonds is 7. The molecule has 0 aliphatic carbocycles. The Morgan fingerprint density at radius 3 is 2.68 bits per heavy atom. The van der Waals surface area contributed by atoms with Gasteiger partial charge in [0.1, 0.15) is 35.4 Å². The molecule has 2 amide bonds. The number of hydrogen-bond donors (Lipinski definition) is 2. The van der Waals surface area contributed by atoms with Crippen LogP contribution in [0.4, 0.5) is 4.39 Å². The highest BCUT2D eigenvalue weighted by molar-refractivity contribution is 5.99. The number of Topliss-reactive ketones (excluding diaryl/α,β-unsaturated/α-hetero) is 1. The zero-order valence-corrected chi connectivity index (χ0v) is 21.5. The largest absolute Gasteiger partial charge is 0.486 e. The molecule has 2 N–H and O–H groups in total. The number of hydrogen-bond acceptors (Lipinski definition) is 8. The van der Waals surface area contributed by atoms with Gasteiger partial charge in [-0.1, -0.05) is 13.0 Å². The first-order valence-corrected chi connectivity index (χ1v) is 12.1. The number of benzene rings is 1. The highest BCUT2D eigenvalue weighted by Crippen LogP contribution is 2.24. The van der Waals surface area contributed by atoms with Crippen LogP contribution >= 0.6 is 0 Å². The maximum Gasteiger partial charge on any atom is 0.329 e. The molecule has 12 heteroatoms. The lowest BCUT2D eigenvalue weighted by atomic mass is 10.0. The lowest BCUT2D eigenvalue weighted by Gasteiger charge is -2.24. The molecule has 1 atom stereocenters. The van der Waals surface area contributed by atoms with Crippen LogP contribution in [0.5, 0.6) is 5.75 Å². The summed E-state index contributed by atoms with van der Waals surface area (Å²) in [6, 6.07) is 5.45. The van der Waals surface area contributed by atoms with Gasteiger partial charge in [-0.2, -0.15) is 5.10 Å². The van der Waals surface area contributed by atoms with Gasteiger partial charge >= 0.3 is 5.97 Å². The average Bonchev–Trinajstić information content (AvgIpc) is 3.24. The summed E-state index contributed by atoms with van der Waals surface area (Å²) < 4.78 is 26.1. The Bertz CT molecular complexity index is 1430. The standard InChI is InChI=1S/C26H28FN5O6/c1-5-18(25(36)38-26(2,3)4)31-24(35)20-10-19(30-22-17(27)12-29-32(20)22)23(34)28-11-14-6-7-21-15(8-14)9-16(33)13-37-21/h6-8,10,12,18H,5,9,11,13H2,1-4H3,(H,28,34)(H,31,35)/t18-/m0/s1. The molecule has 2 aromatic heterocycles. The van der Waals surface area contributed by atoms with Crippen molar-refractivity contribution in [2.75, 3.05) is 6.61 Å². The minimum atomic E-state index is -0.970. The topological polar surface area (TPSA) is 141 Å². The van der Waals surface area contributed by atoms with Crippen LogP contribution in [0.1, 0.15) is 66.2 Å². The number of ether oxygens (including phenoxy) is 2. The number of nitrogens with one attached hydrogen (secondary N) is 2. The molecule has 0 spiro atoms. The van der Waals surface area contributed by atoms with E-state index in [0.29, 0.717) is 11.3 Å². The zero-order valence-electron chi connectivity index (χ0n) is 21.5. The predicted molar refractivity (Wildman–Crippen MR) is 132 cm³/mol. The molecule has 3 heterocycles. The lowest BCUT2D eigenvalue weighted by molar-refractivity contribution is -0.157. The van der Waals surface area contributed by atoms with E-state index < -0.39 is 35.2 Å². The van der Waals surface area contributed by atoms with Crippen molar-refractivity contribution in [2.45, 2.75) is 58.7 Å². The van der Waals surface area contributed by atoms with Gasteiger partial charge in [0.05, 0.1) is 6.20 Å². The van der Waals surface area contributed by atoms with Crippen LogP contribution in [0.2, 0.25) is 0 Å². The summed E-state index contributed by atoms with van der Waals surface area (Å²) in [4.78, 5) is 54.3. The molecule has 0 fully saturated rings. The third-order valence-electron chi connectivity index (χ3n) is 5.65. The SMILES string of the molecule is CC[C@H](NC(=O)c1cc(C(=O)NCc2ccc3c(c2)CC(=O)CO3)nc2c(F)cnn12)C(=O)OC(C)(C)C. The highest BCUT2D eigenvalue weighted by Gasteiger charge is 2.28. The summed E-state index contributed by atoms with van der Waals surface area (Å²) in [5.41, 5.74) is -0.0378. The molecule has 38 heavy (non-hydrogen) atoms. The van der Waals surface area contributed by atoms with Crippen LogP contribution in [0.3, 0.4) is 0 Å². The number of nitrogens with zero attached hydrogens (tertiary/aromatic N) is 3. The van der Waals surface area contributed by atoms with Crippen LogP contribution in [0.25, 0.3) is 5.65 Å². The number of esters is 1.